The minimum Gasteiger partial charge on any atom is -0.464 e. The summed E-state index contributed by atoms with van der Waals surface area (Å²) in [5.41, 5.74) is 0.514. The van der Waals surface area contributed by atoms with Gasteiger partial charge in [0.1, 0.15) is 5.69 Å². The SMILES string of the molecule is COC(=O)c1cc(C(=O)C(Cl)(Cl)Cl)cn1C1CCSCC1. The number of ether oxygens (including phenoxy) is 1. The molecular weight excluding hydrogens is 357 g/mol. The minimum absolute atomic E-state index is 0.150. The van der Waals surface area contributed by atoms with Gasteiger partial charge >= 0.3 is 5.97 Å². The van der Waals surface area contributed by atoms with E-state index in [1.54, 1.807) is 10.8 Å². The van der Waals surface area contributed by atoms with Crippen LogP contribution in [-0.4, -0.2) is 38.7 Å². The van der Waals surface area contributed by atoms with Crippen LogP contribution in [0.4, 0.5) is 0 Å². The van der Waals surface area contributed by atoms with Gasteiger partial charge in [-0.15, -0.1) is 0 Å². The molecule has 0 saturated carbocycles. The zero-order valence-electron chi connectivity index (χ0n) is 11.3. The van der Waals surface area contributed by atoms with E-state index in [-0.39, 0.29) is 11.6 Å². The van der Waals surface area contributed by atoms with E-state index in [1.165, 1.54) is 13.2 Å². The number of hydrogen-bond donors (Lipinski definition) is 0. The maximum Gasteiger partial charge on any atom is 0.354 e. The molecule has 0 amide bonds. The van der Waals surface area contributed by atoms with Crippen molar-refractivity contribution in [3.8, 4) is 0 Å². The number of carbonyl (C=O) groups is 2. The Kier molecular flexibility index (Phi) is 5.52. The van der Waals surface area contributed by atoms with Crippen LogP contribution < -0.4 is 0 Å². The average molecular weight is 371 g/mol. The largest absolute Gasteiger partial charge is 0.464 e. The van der Waals surface area contributed by atoms with Crippen LogP contribution in [0.15, 0.2) is 12.3 Å². The van der Waals surface area contributed by atoms with E-state index in [0.717, 1.165) is 24.3 Å². The van der Waals surface area contributed by atoms with Crippen molar-refractivity contribution < 1.29 is 14.3 Å². The van der Waals surface area contributed by atoms with Crippen LogP contribution in [-0.2, 0) is 4.74 Å². The number of Topliss-reactive ketones (excluding diaryl/α,β-unsaturated/α-hetero) is 1. The van der Waals surface area contributed by atoms with Crippen molar-refractivity contribution in [1.82, 2.24) is 4.57 Å². The quantitative estimate of drug-likeness (QED) is 0.460. The fraction of sp³-hybridized carbons (Fsp3) is 0.538. The van der Waals surface area contributed by atoms with E-state index in [1.807, 2.05) is 11.8 Å². The molecule has 1 fully saturated rings. The Morgan fingerprint density at radius 3 is 2.48 bits per heavy atom. The van der Waals surface area contributed by atoms with Crippen LogP contribution in [0.3, 0.4) is 0 Å². The van der Waals surface area contributed by atoms with E-state index in [9.17, 15) is 9.59 Å². The molecule has 1 aromatic rings. The third-order valence-electron chi connectivity index (χ3n) is 3.35. The Bertz CT molecular complexity index is 547. The van der Waals surface area contributed by atoms with Gasteiger partial charge in [0.15, 0.2) is 0 Å². The Hall–Kier alpha value is -0.360. The third kappa shape index (κ3) is 3.89. The van der Waals surface area contributed by atoms with Crippen molar-refractivity contribution >= 4 is 58.3 Å². The van der Waals surface area contributed by atoms with E-state index in [0.29, 0.717) is 5.69 Å². The van der Waals surface area contributed by atoms with Gasteiger partial charge in [0.2, 0.25) is 5.78 Å². The number of halogens is 3. The molecule has 0 N–H and O–H groups in total. The summed E-state index contributed by atoms with van der Waals surface area (Å²) >= 11 is 18.8. The standard InChI is InChI=1S/C13H14Cl3NO3S/c1-20-12(19)10-6-8(11(18)13(14,15)16)7-17(10)9-2-4-21-5-3-9/h6-7,9H,2-5H2,1H3. The second-order valence-electron chi connectivity index (χ2n) is 4.68. The predicted octanol–water partition coefficient (Wildman–Crippen LogP) is 3.90. The molecule has 0 radical (unpaired) electrons. The molecule has 1 aromatic heterocycles. The molecule has 0 unspecified atom stereocenters. The average Bonchev–Trinajstić information content (AvgIpc) is 2.90. The van der Waals surface area contributed by atoms with Gasteiger partial charge in [0, 0.05) is 17.8 Å². The number of aromatic nitrogens is 1. The summed E-state index contributed by atoms with van der Waals surface area (Å²) in [6, 6.07) is 1.58. The lowest BCUT2D eigenvalue weighted by Crippen LogP contribution is -2.20. The molecule has 4 nitrogen and oxygen atoms in total. The molecule has 21 heavy (non-hydrogen) atoms. The molecule has 2 heterocycles. The van der Waals surface area contributed by atoms with Gasteiger partial charge in [-0.3, -0.25) is 4.79 Å². The summed E-state index contributed by atoms with van der Waals surface area (Å²) in [6.45, 7) is 0. The van der Waals surface area contributed by atoms with Crippen molar-refractivity contribution in [2.24, 2.45) is 0 Å². The molecule has 1 aliphatic heterocycles. The second kappa shape index (κ2) is 6.82. The molecule has 2 rings (SSSR count). The molecule has 1 saturated heterocycles. The zero-order chi connectivity index (χ0) is 15.6. The molecular formula is C13H14Cl3NO3S. The number of ketones is 1. The van der Waals surface area contributed by atoms with Crippen molar-refractivity contribution in [1.29, 1.82) is 0 Å². The highest BCUT2D eigenvalue weighted by molar-refractivity contribution is 7.99. The van der Waals surface area contributed by atoms with Crippen molar-refractivity contribution in [2.75, 3.05) is 18.6 Å². The first-order valence-corrected chi connectivity index (χ1v) is 8.63. The molecule has 116 valence electrons. The van der Waals surface area contributed by atoms with Gasteiger partial charge in [0.25, 0.3) is 3.79 Å². The van der Waals surface area contributed by atoms with Gasteiger partial charge in [0.05, 0.1) is 7.11 Å². The second-order valence-corrected chi connectivity index (χ2v) is 8.19. The Morgan fingerprint density at radius 2 is 1.95 bits per heavy atom. The van der Waals surface area contributed by atoms with Crippen LogP contribution in [0.5, 0.6) is 0 Å². The number of esters is 1. The topological polar surface area (TPSA) is 48.3 Å². The molecule has 8 heteroatoms. The lowest BCUT2D eigenvalue weighted by atomic mass is 10.1. The zero-order valence-corrected chi connectivity index (χ0v) is 14.4. The normalized spacial score (nSPS) is 16.8. The smallest absolute Gasteiger partial charge is 0.354 e. The number of thioether (sulfide) groups is 1. The summed E-state index contributed by atoms with van der Waals surface area (Å²) in [7, 11) is 1.30. The van der Waals surface area contributed by atoms with E-state index in [4.69, 9.17) is 39.5 Å². The number of carbonyl (C=O) groups excluding carboxylic acids is 2. The number of rotatable bonds is 3. The van der Waals surface area contributed by atoms with Crippen LogP contribution in [0.1, 0.15) is 39.7 Å². The predicted molar refractivity (Wildman–Crippen MR) is 86.0 cm³/mol. The van der Waals surface area contributed by atoms with Crippen LogP contribution in [0, 0.1) is 0 Å². The molecule has 1 aliphatic rings. The van der Waals surface area contributed by atoms with Crippen LogP contribution in [0.2, 0.25) is 0 Å². The van der Waals surface area contributed by atoms with Crippen LogP contribution >= 0.6 is 46.6 Å². The summed E-state index contributed by atoms with van der Waals surface area (Å²) in [5.74, 6) is 0.868. The number of alkyl halides is 3. The third-order valence-corrected chi connectivity index (χ3v) is 4.91. The lowest BCUT2D eigenvalue weighted by molar-refractivity contribution is 0.0585. The molecule has 0 bridgehead atoms. The molecule has 0 aromatic carbocycles. The summed E-state index contributed by atoms with van der Waals surface area (Å²) in [6.07, 6.45) is 3.42. The molecule has 0 aliphatic carbocycles. The Morgan fingerprint density at radius 1 is 1.33 bits per heavy atom. The van der Waals surface area contributed by atoms with Gasteiger partial charge < -0.3 is 9.30 Å². The number of methoxy groups -OCH3 is 1. The Balaban J connectivity index is 2.40. The van der Waals surface area contributed by atoms with Crippen LogP contribution in [0.25, 0.3) is 0 Å². The van der Waals surface area contributed by atoms with Crippen molar-refractivity contribution in [3.63, 3.8) is 0 Å². The van der Waals surface area contributed by atoms with E-state index < -0.39 is 15.5 Å². The minimum atomic E-state index is -2.04. The highest BCUT2D eigenvalue weighted by atomic mass is 35.6. The monoisotopic (exact) mass is 369 g/mol. The molecule has 0 spiro atoms. The first-order valence-electron chi connectivity index (χ1n) is 6.34. The van der Waals surface area contributed by atoms with Gasteiger partial charge in [-0.2, -0.15) is 11.8 Å². The van der Waals surface area contributed by atoms with Gasteiger partial charge in [-0.05, 0) is 30.4 Å². The maximum absolute atomic E-state index is 12.1. The summed E-state index contributed by atoms with van der Waals surface area (Å²) in [4.78, 5) is 24.0. The maximum atomic E-state index is 12.1. The van der Waals surface area contributed by atoms with Crippen molar-refractivity contribution in [3.05, 3.63) is 23.5 Å². The number of hydrogen-bond acceptors (Lipinski definition) is 4. The molecule has 0 atom stereocenters. The van der Waals surface area contributed by atoms with Gasteiger partial charge in [-0.1, -0.05) is 34.8 Å². The van der Waals surface area contributed by atoms with Crippen molar-refractivity contribution in [2.45, 2.75) is 22.7 Å². The van der Waals surface area contributed by atoms with Gasteiger partial charge in [-0.25, -0.2) is 4.79 Å². The summed E-state index contributed by atoms with van der Waals surface area (Å²) in [5, 5.41) is 0. The lowest BCUT2D eigenvalue weighted by Gasteiger charge is -2.24. The first-order chi connectivity index (χ1) is 9.84. The summed E-state index contributed by atoms with van der Waals surface area (Å²) < 4.78 is 4.50. The van der Waals surface area contributed by atoms with E-state index in [2.05, 4.69) is 0 Å². The fourth-order valence-corrected chi connectivity index (χ4v) is 3.71. The fourth-order valence-electron chi connectivity index (χ4n) is 2.30. The van der Waals surface area contributed by atoms with E-state index >= 15 is 0 Å². The Labute approximate surface area is 142 Å². The highest BCUT2D eigenvalue weighted by Crippen LogP contribution is 2.34. The number of nitrogens with zero attached hydrogens (tertiary/aromatic N) is 1. The highest BCUT2D eigenvalue weighted by Gasteiger charge is 2.34. The first kappa shape index (κ1) is 17.0.